The molecule has 0 saturated carbocycles. The van der Waals surface area contributed by atoms with E-state index in [4.69, 9.17) is 16.6 Å². The van der Waals surface area contributed by atoms with E-state index in [0.29, 0.717) is 0 Å². The van der Waals surface area contributed by atoms with Crippen molar-refractivity contribution < 1.29 is 0 Å². The number of likely N-dealkylation sites (N-methyl/N-ethyl adjacent to an activating group) is 1. The summed E-state index contributed by atoms with van der Waals surface area (Å²) in [5, 5.41) is 0.751. The molecule has 0 atom stereocenters. The largest absolute Gasteiger partial charge is 0.304 e. The molecular formula is C20H23ClN4S. The molecule has 0 bridgehead atoms. The van der Waals surface area contributed by atoms with Crippen molar-refractivity contribution in [1.29, 1.82) is 0 Å². The summed E-state index contributed by atoms with van der Waals surface area (Å²) in [5.74, 6) is 1.00. The van der Waals surface area contributed by atoms with Crippen LogP contribution in [-0.4, -0.2) is 55.5 Å². The molecular weight excluding hydrogens is 364 g/mol. The van der Waals surface area contributed by atoms with E-state index < -0.39 is 0 Å². The first-order valence-electron chi connectivity index (χ1n) is 8.90. The fourth-order valence-corrected chi connectivity index (χ4v) is 4.54. The lowest BCUT2D eigenvalue weighted by atomic mass is 10.2. The predicted octanol–water partition coefficient (Wildman–Crippen LogP) is 4.57. The van der Waals surface area contributed by atoms with E-state index in [1.54, 1.807) is 11.8 Å². The highest BCUT2D eigenvalue weighted by Gasteiger charge is 2.25. The highest BCUT2D eigenvalue weighted by Crippen LogP contribution is 2.48. The summed E-state index contributed by atoms with van der Waals surface area (Å²) in [5.41, 5.74) is 2.28. The number of piperazine rings is 1. The van der Waals surface area contributed by atoms with Crippen molar-refractivity contribution in [2.24, 2.45) is 4.99 Å². The third-order valence-electron chi connectivity index (χ3n) is 4.91. The normalized spacial score (nSPS) is 18.6. The molecule has 0 aromatic heterocycles. The Balaban J connectivity index is 1.64. The quantitative estimate of drug-likeness (QED) is 0.557. The van der Waals surface area contributed by atoms with Crippen molar-refractivity contribution in [2.45, 2.75) is 16.7 Å². The lowest BCUT2D eigenvalue weighted by Crippen LogP contribution is -2.44. The van der Waals surface area contributed by atoms with Crippen LogP contribution in [0.4, 0.5) is 11.4 Å². The van der Waals surface area contributed by atoms with E-state index in [2.05, 4.69) is 59.0 Å². The number of halogens is 1. The van der Waals surface area contributed by atoms with Crippen LogP contribution in [-0.2, 0) is 0 Å². The third-order valence-corrected chi connectivity index (χ3v) is 6.27. The summed E-state index contributed by atoms with van der Waals surface area (Å²) in [6.45, 7) is 7.19. The number of fused-ring (bicyclic) bond motifs is 2. The number of amidine groups is 1. The van der Waals surface area contributed by atoms with E-state index in [9.17, 15) is 0 Å². The monoisotopic (exact) mass is 386 g/mol. The molecule has 2 aromatic rings. The van der Waals surface area contributed by atoms with Crippen LogP contribution in [0, 0.1) is 0 Å². The van der Waals surface area contributed by atoms with Gasteiger partial charge in [0.25, 0.3) is 0 Å². The highest BCUT2D eigenvalue weighted by atomic mass is 35.5. The second kappa shape index (κ2) is 7.61. The zero-order chi connectivity index (χ0) is 18.1. The molecule has 2 aliphatic rings. The minimum atomic E-state index is 0.737. The number of hydrogen-bond acceptors (Lipinski definition) is 4. The molecule has 1 saturated heterocycles. The van der Waals surface area contributed by atoms with Gasteiger partial charge in [-0.25, -0.2) is 0 Å². The maximum atomic E-state index is 6.30. The number of anilines is 2. The van der Waals surface area contributed by atoms with Crippen LogP contribution < -0.4 is 4.90 Å². The Morgan fingerprint density at radius 3 is 2.58 bits per heavy atom. The predicted molar refractivity (Wildman–Crippen MR) is 111 cm³/mol. The van der Waals surface area contributed by atoms with Crippen molar-refractivity contribution in [2.75, 3.05) is 44.8 Å². The van der Waals surface area contributed by atoms with Crippen LogP contribution in [0.25, 0.3) is 0 Å². The smallest absolute Gasteiger partial charge is 0.106 e. The molecule has 4 rings (SSSR count). The average Bonchev–Trinajstić information content (AvgIpc) is 2.65. The topological polar surface area (TPSA) is 22.1 Å². The van der Waals surface area contributed by atoms with Gasteiger partial charge in [-0.15, -0.1) is 0 Å². The van der Waals surface area contributed by atoms with Gasteiger partial charge in [0.1, 0.15) is 5.84 Å². The van der Waals surface area contributed by atoms with Gasteiger partial charge in [-0.1, -0.05) is 35.5 Å². The summed E-state index contributed by atoms with van der Waals surface area (Å²) in [4.78, 5) is 14.4. The molecule has 0 radical (unpaired) electrons. The van der Waals surface area contributed by atoms with Gasteiger partial charge in [-0.05, 0) is 44.3 Å². The lowest BCUT2D eigenvalue weighted by molar-refractivity contribution is 0.158. The van der Waals surface area contributed by atoms with Gasteiger partial charge >= 0.3 is 0 Å². The third kappa shape index (κ3) is 3.62. The molecule has 0 amide bonds. The molecule has 6 heteroatoms. The molecule has 0 spiro atoms. The molecule has 2 aliphatic heterocycles. The SMILES string of the molecule is C/C(=N\CN1CCN(C)CC1)N1c2ccccc2Sc2ccc(Cl)cc21. The molecule has 1 fully saturated rings. The number of benzene rings is 2. The number of rotatable bonds is 2. The van der Waals surface area contributed by atoms with Crippen molar-refractivity contribution in [3.8, 4) is 0 Å². The fraction of sp³-hybridized carbons (Fsp3) is 0.350. The maximum Gasteiger partial charge on any atom is 0.106 e. The Hall–Kier alpha value is -1.53. The van der Waals surface area contributed by atoms with Gasteiger partial charge in [0.15, 0.2) is 0 Å². The van der Waals surface area contributed by atoms with Crippen molar-refractivity contribution >= 4 is 40.6 Å². The van der Waals surface area contributed by atoms with Crippen molar-refractivity contribution in [1.82, 2.24) is 9.80 Å². The van der Waals surface area contributed by atoms with Crippen molar-refractivity contribution in [3.63, 3.8) is 0 Å². The molecule has 0 unspecified atom stereocenters. The molecule has 4 nitrogen and oxygen atoms in total. The minimum absolute atomic E-state index is 0.737. The summed E-state index contributed by atoms with van der Waals surface area (Å²) in [6.07, 6.45) is 0. The zero-order valence-electron chi connectivity index (χ0n) is 15.2. The van der Waals surface area contributed by atoms with Gasteiger partial charge in [0.05, 0.1) is 18.0 Å². The Bertz CT molecular complexity index is 830. The van der Waals surface area contributed by atoms with Crippen molar-refractivity contribution in [3.05, 3.63) is 47.5 Å². The second-order valence-corrected chi connectivity index (χ2v) is 8.31. The van der Waals surface area contributed by atoms with E-state index >= 15 is 0 Å². The number of hydrogen-bond donors (Lipinski definition) is 0. The maximum absolute atomic E-state index is 6.30. The van der Waals surface area contributed by atoms with Crippen LogP contribution in [0.15, 0.2) is 57.2 Å². The average molecular weight is 387 g/mol. The fourth-order valence-electron chi connectivity index (χ4n) is 3.34. The van der Waals surface area contributed by atoms with Gasteiger partial charge in [0, 0.05) is 41.0 Å². The standard InChI is InChI=1S/C20H23ClN4S/c1-15(22-14-24-11-9-23(2)10-12-24)25-17-5-3-4-6-19(17)26-20-8-7-16(21)13-18(20)25/h3-8,13H,9-12,14H2,1-2H3/b22-15+. The number of para-hydroxylation sites is 1. The Morgan fingerprint density at radius 1 is 1.04 bits per heavy atom. The first-order valence-corrected chi connectivity index (χ1v) is 10.1. The second-order valence-electron chi connectivity index (χ2n) is 6.79. The first kappa shape index (κ1) is 17.9. The van der Waals surface area contributed by atoms with Crippen LogP contribution in [0.1, 0.15) is 6.92 Å². The van der Waals surface area contributed by atoms with E-state index in [0.717, 1.165) is 49.4 Å². The Labute approximate surface area is 164 Å². The minimum Gasteiger partial charge on any atom is -0.304 e. The molecule has 2 heterocycles. The van der Waals surface area contributed by atoms with Gasteiger partial charge in [-0.3, -0.25) is 14.8 Å². The van der Waals surface area contributed by atoms with Gasteiger partial charge < -0.3 is 4.90 Å². The van der Waals surface area contributed by atoms with E-state index in [1.807, 2.05) is 12.1 Å². The molecule has 26 heavy (non-hydrogen) atoms. The Morgan fingerprint density at radius 2 is 1.77 bits per heavy atom. The summed E-state index contributed by atoms with van der Waals surface area (Å²) < 4.78 is 0. The van der Waals surface area contributed by atoms with Crippen LogP contribution in [0.3, 0.4) is 0 Å². The van der Waals surface area contributed by atoms with Crippen LogP contribution in [0.5, 0.6) is 0 Å². The van der Waals surface area contributed by atoms with Gasteiger partial charge in [-0.2, -0.15) is 0 Å². The van der Waals surface area contributed by atoms with E-state index in [1.165, 1.54) is 15.5 Å². The molecule has 2 aromatic carbocycles. The molecule has 0 N–H and O–H groups in total. The van der Waals surface area contributed by atoms with Crippen LogP contribution in [0.2, 0.25) is 5.02 Å². The Kier molecular flexibility index (Phi) is 5.23. The summed E-state index contributed by atoms with van der Waals surface area (Å²) in [6, 6.07) is 14.6. The number of aliphatic imine (C=N–C) groups is 1. The van der Waals surface area contributed by atoms with Crippen LogP contribution >= 0.6 is 23.4 Å². The first-order chi connectivity index (χ1) is 12.6. The summed E-state index contributed by atoms with van der Waals surface area (Å²) >= 11 is 8.09. The lowest BCUT2D eigenvalue weighted by Gasteiger charge is -2.34. The van der Waals surface area contributed by atoms with Gasteiger partial charge in [0.2, 0.25) is 0 Å². The zero-order valence-corrected chi connectivity index (χ0v) is 16.7. The highest BCUT2D eigenvalue weighted by molar-refractivity contribution is 7.99. The molecule has 0 aliphatic carbocycles. The number of nitrogens with zero attached hydrogens (tertiary/aromatic N) is 4. The molecule has 136 valence electrons. The van der Waals surface area contributed by atoms with E-state index in [-0.39, 0.29) is 0 Å². The summed E-state index contributed by atoms with van der Waals surface area (Å²) in [7, 11) is 2.18.